The Labute approximate surface area is 185 Å². The highest BCUT2D eigenvalue weighted by Gasteiger charge is 2.20. The van der Waals surface area contributed by atoms with E-state index in [1.54, 1.807) is 0 Å². The van der Waals surface area contributed by atoms with Gasteiger partial charge in [0, 0.05) is 12.8 Å². The molecule has 0 aromatic rings. The molecule has 0 fully saturated rings. The maximum Gasteiger partial charge on any atom is 0.238 e. The van der Waals surface area contributed by atoms with E-state index < -0.39 is 12.9 Å². The van der Waals surface area contributed by atoms with Gasteiger partial charge in [-0.05, 0) is 24.7 Å². The Morgan fingerprint density at radius 2 is 0.700 bits per heavy atom. The molecule has 0 rings (SSSR count). The fourth-order valence-corrected chi connectivity index (χ4v) is 4.52. The van der Waals surface area contributed by atoms with Crippen molar-refractivity contribution in [3.05, 3.63) is 0 Å². The number of alkyl halides is 4. The summed E-state index contributed by atoms with van der Waals surface area (Å²) in [6, 6.07) is 0. The second kappa shape index (κ2) is 21.9. The van der Waals surface area contributed by atoms with Gasteiger partial charge in [0.05, 0.1) is 0 Å². The Morgan fingerprint density at radius 3 is 1.00 bits per heavy atom. The Balaban J connectivity index is 4.18. The van der Waals surface area contributed by atoms with Gasteiger partial charge in [-0.2, -0.15) is 0 Å². The van der Waals surface area contributed by atoms with Crippen LogP contribution in [0.4, 0.5) is 17.6 Å². The molecule has 0 aliphatic rings. The van der Waals surface area contributed by atoms with Crippen LogP contribution in [0.5, 0.6) is 0 Å². The van der Waals surface area contributed by atoms with Crippen molar-refractivity contribution >= 4 is 0 Å². The molecule has 0 aliphatic carbocycles. The van der Waals surface area contributed by atoms with Crippen LogP contribution in [-0.4, -0.2) is 12.9 Å². The minimum atomic E-state index is -2.28. The number of hydrogen-bond acceptors (Lipinski definition) is 0. The summed E-state index contributed by atoms with van der Waals surface area (Å²) in [5, 5.41) is 0. The molecule has 0 nitrogen and oxygen atoms in total. The highest BCUT2D eigenvalue weighted by molar-refractivity contribution is 4.68. The molecule has 0 heterocycles. The van der Waals surface area contributed by atoms with Crippen molar-refractivity contribution in [2.75, 3.05) is 0 Å². The zero-order chi connectivity index (χ0) is 22.5. The molecule has 0 saturated carbocycles. The zero-order valence-electron chi connectivity index (χ0n) is 20.0. The molecule has 0 spiro atoms. The number of unbranched alkanes of at least 4 members (excludes halogenated alkanes) is 12. The summed E-state index contributed by atoms with van der Waals surface area (Å²) in [5.74, 6) is -0.00952. The lowest BCUT2D eigenvalue weighted by atomic mass is 9.86. The fourth-order valence-electron chi connectivity index (χ4n) is 4.52. The fraction of sp³-hybridized carbons (Fsp3) is 1.00. The van der Waals surface area contributed by atoms with Crippen LogP contribution in [0.15, 0.2) is 0 Å². The first-order valence-electron chi connectivity index (χ1n) is 13.1. The molecule has 0 radical (unpaired) electrons. The summed E-state index contributed by atoms with van der Waals surface area (Å²) in [7, 11) is 0. The molecule has 0 saturated heterocycles. The van der Waals surface area contributed by atoms with Crippen LogP contribution in [-0.2, 0) is 0 Å². The van der Waals surface area contributed by atoms with Crippen LogP contribution >= 0.6 is 0 Å². The van der Waals surface area contributed by atoms with Crippen LogP contribution < -0.4 is 0 Å². The molecular weight excluding hydrogens is 388 g/mol. The van der Waals surface area contributed by atoms with Gasteiger partial charge in [0.15, 0.2) is 0 Å². The molecular formula is C26H50F4. The first-order valence-corrected chi connectivity index (χ1v) is 13.1. The lowest BCUT2D eigenvalue weighted by molar-refractivity contribution is 0.0939. The molecule has 0 amide bonds. The maximum absolute atomic E-state index is 13.0. The SMILES string of the molecule is CCCCCCCCCC(CCC(CCCCCCCCC)CC(F)F)CC(F)F. The van der Waals surface area contributed by atoms with E-state index in [4.69, 9.17) is 0 Å². The summed E-state index contributed by atoms with van der Waals surface area (Å²) in [6.45, 7) is 4.40. The van der Waals surface area contributed by atoms with Crippen molar-refractivity contribution in [1.29, 1.82) is 0 Å². The lowest BCUT2D eigenvalue weighted by Gasteiger charge is -2.21. The third-order valence-electron chi connectivity index (χ3n) is 6.44. The average molecular weight is 439 g/mol. The highest BCUT2D eigenvalue weighted by Crippen LogP contribution is 2.29. The van der Waals surface area contributed by atoms with Gasteiger partial charge in [-0.25, -0.2) is 17.6 Å². The molecule has 0 aliphatic heterocycles. The summed E-state index contributed by atoms with van der Waals surface area (Å²) in [6.07, 6.45) is 15.0. The summed E-state index contributed by atoms with van der Waals surface area (Å²) >= 11 is 0. The predicted octanol–water partition coefficient (Wildman–Crippen LogP) is 10.6. The Hall–Kier alpha value is -0.280. The molecule has 0 bridgehead atoms. The van der Waals surface area contributed by atoms with E-state index >= 15 is 0 Å². The first-order chi connectivity index (χ1) is 14.5. The Kier molecular flexibility index (Phi) is 21.7. The minimum absolute atomic E-state index is 0.00476. The van der Waals surface area contributed by atoms with Gasteiger partial charge in [-0.15, -0.1) is 0 Å². The van der Waals surface area contributed by atoms with Crippen LogP contribution in [0.3, 0.4) is 0 Å². The first kappa shape index (κ1) is 29.7. The van der Waals surface area contributed by atoms with Gasteiger partial charge < -0.3 is 0 Å². The van der Waals surface area contributed by atoms with Gasteiger partial charge in [-0.3, -0.25) is 0 Å². The standard InChI is InChI=1S/C26H50F4/c1-3-5-7-9-11-13-15-17-23(21-25(27)28)19-20-24(22-26(29)30)18-16-14-12-10-8-6-4-2/h23-26H,3-22H2,1-2H3. The van der Waals surface area contributed by atoms with Crippen LogP contribution in [0, 0.1) is 11.8 Å². The van der Waals surface area contributed by atoms with Crippen molar-refractivity contribution < 1.29 is 17.6 Å². The molecule has 4 heteroatoms. The summed E-state index contributed by atoms with van der Waals surface area (Å²) in [5.41, 5.74) is 0. The predicted molar refractivity (Wildman–Crippen MR) is 123 cm³/mol. The van der Waals surface area contributed by atoms with Crippen molar-refractivity contribution in [1.82, 2.24) is 0 Å². The summed E-state index contributed by atoms with van der Waals surface area (Å²) in [4.78, 5) is 0. The van der Waals surface area contributed by atoms with Crippen LogP contribution in [0.2, 0.25) is 0 Å². The molecule has 2 atom stereocenters. The van der Waals surface area contributed by atoms with Crippen molar-refractivity contribution in [2.45, 2.75) is 155 Å². The molecule has 0 aromatic heterocycles. The smallest absolute Gasteiger partial charge is 0.211 e. The third-order valence-corrected chi connectivity index (χ3v) is 6.44. The monoisotopic (exact) mass is 438 g/mol. The van der Waals surface area contributed by atoms with Crippen molar-refractivity contribution in [2.24, 2.45) is 11.8 Å². The van der Waals surface area contributed by atoms with Gasteiger partial charge >= 0.3 is 0 Å². The largest absolute Gasteiger partial charge is 0.238 e. The van der Waals surface area contributed by atoms with E-state index in [2.05, 4.69) is 13.8 Å². The van der Waals surface area contributed by atoms with Gasteiger partial charge in [0.2, 0.25) is 12.9 Å². The van der Waals surface area contributed by atoms with Crippen LogP contribution in [0.1, 0.15) is 142 Å². The van der Waals surface area contributed by atoms with Crippen molar-refractivity contribution in [3.63, 3.8) is 0 Å². The second-order valence-corrected chi connectivity index (χ2v) is 9.38. The normalized spacial score (nSPS) is 14.0. The van der Waals surface area contributed by atoms with E-state index in [1.165, 1.54) is 64.2 Å². The van der Waals surface area contributed by atoms with Gasteiger partial charge in [-0.1, -0.05) is 117 Å². The molecule has 182 valence electrons. The minimum Gasteiger partial charge on any atom is -0.211 e. The number of rotatable bonds is 23. The van der Waals surface area contributed by atoms with E-state index in [9.17, 15) is 17.6 Å². The van der Waals surface area contributed by atoms with Crippen LogP contribution in [0.25, 0.3) is 0 Å². The van der Waals surface area contributed by atoms with Gasteiger partial charge in [0.1, 0.15) is 0 Å². The number of halogens is 4. The molecule has 30 heavy (non-hydrogen) atoms. The number of hydrogen-bond donors (Lipinski definition) is 0. The lowest BCUT2D eigenvalue weighted by Crippen LogP contribution is -2.12. The van der Waals surface area contributed by atoms with Gasteiger partial charge in [0.25, 0.3) is 0 Å². The van der Waals surface area contributed by atoms with E-state index in [1.807, 2.05) is 0 Å². The third kappa shape index (κ3) is 21.0. The Morgan fingerprint density at radius 1 is 0.400 bits per heavy atom. The van der Waals surface area contributed by atoms with E-state index in [0.717, 1.165) is 38.5 Å². The molecule has 0 N–H and O–H groups in total. The Bertz CT molecular complexity index is 301. The highest BCUT2D eigenvalue weighted by atomic mass is 19.3. The zero-order valence-corrected chi connectivity index (χ0v) is 20.0. The van der Waals surface area contributed by atoms with E-state index in [-0.39, 0.29) is 24.7 Å². The maximum atomic E-state index is 13.0. The second-order valence-electron chi connectivity index (χ2n) is 9.38. The summed E-state index contributed by atoms with van der Waals surface area (Å²) < 4.78 is 52.0. The molecule has 2 unspecified atom stereocenters. The quantitative estimate of drug-likeness (QED) is 0.110. The average Bonchev–Trinajstić information content (AvgIpc) is 2.69. The van der Waals surface area contributed by atoms with Crippen molar-refractivity contribution in [3.8, 4) is 0 Å². The molecule has 0 aromatic carbocycles. The topological polar surface area (TPSA) is 0 Å². The van der Waals surface area contributed by atoms with E-state index in [0.29, 0.717) is 12.8 Å².